The highest BCUT2D eigenvalue weighted by Crippen LogP contribution is 2.31. The van der Waals surface area contributed by atoms with Crippen LogP contribution in [0.4, 0.5) is 0 Å². The molecular formula is C20H22N4O4S. The fraction of sp³-hybridized carbons (Fsp3) is 0.350. The molecule has 0 spiro atoms. The standard InChI is InChI=1S/C20H22N4O4S/c1-3-10-23-13-22-15-11-16(20(25)28-2)24(12-17(15)23)29(26,27)18-8-4-6-14-7-5-9-21-19(14)18/h4-9,13,16H,3,10-12H2,1-2H3. The van der Waals surface area contributed by atoms with E-state index in [9.17, 15) is 13.2 Å². The van der Waals surface area contributed by atoms with Crippen molar-refractivity contribution in [1.82, 2.24) is 18.8 Å². The topological polar surface area (TPSA) is 94.4 Å². The summed E-state index contributed by atoms with van der Waals surface area (Å²) in [6, 6.07) is 7.61. The lowest BCUT2D eigenvalue weighted by Crippen LogP contribution is -2.49. The lowest BCUT2D eigenvalue weighted by molar-refractivity contribution is -0.145. The van der Waals surface area contributed by atoms with Crippen LogP contribution in [0.25, 0.3) is 10.9 Å². The maximum Gasteiger partial charge on any atom is 0.324 e. The Morgan fingerprint density at radius 3 is 2.79 bits per heavy atom. The Labute approximate surface area is 169 Å². The minimum Gasteiger partial charge on any atom is -0.468 e. The zero-order valence-corrected chi connectivity index (χ0v) is 17.1. The van der Waals surface area contributed by atoms with Crippen LogP contribution < -0.4 is 0 Å². The largest absolute Gasteiger partial charge is 0.468 e. The maximum absolute atomic E-state index is 13.7. The number of imidazole rings is 1. The van der Waals surface area contributed by atoms with E-state index >= 15 is 0 Å². The number of fused-ring (bicyclic) bond motifs is 2. The van der Waals surface area contributed by atoms with Crippen LogP contribution in [0.15, 0.2) is 47.8 Å². The quantitative estimate of drug-likeness (QED) is 0.594. The Bertz CT molecular complexity index is 1170. The summed E-state index contributed by atoms with van der Waals surface area (Å²) in [4.78, 5) is 21.2. The number of carbonyl (C=O) groups excluding carboxylic acids is 1. The predicted octanol–water partition coefficient (Wildman–Crippen LogP) is 2.13. The third-order valence-electron chi connectivity index (χ3n) is 5.19. The van der Waals surface area contributed by atoms with Crippen LogP contribution in [0.3, 0.4) is 0 Å². The molecule has 1 aromatic carbocycles. The van der Waals surface area contributed by atoms with Gasteiger partial charge in [-0.2, -0.15) is 4.31 Å². The number of aromatic nitrogens is 3. The van der Waals surface area contributed by atoms with Gasteiger partial charge in [-0.15, -0.1) is 0 Å². The zero-order valence-electron chi connectivity index (χ0n) is 16.3. The molecule has 0 radical (unpaired) electrons. The summed E-state index contributed by atoms with van der Waals surface area (Å²) in [5.74, 6) is -0.600. The van der Waals surface area contributed by atoms with Crippen molar-refractivity contribution in [3.05, 3.63) is 54.2 Å². The molecule has 1 aliphatic heterocycles. The lowest BCUT2D eigenvalue weighted by Gasteiger charge is -2.33. The molecule has 4 rings (SSSR count). The molecule has 1 atom stereocenters. The Kier molecular flexibility index (Phi) is 5.10. The second kappa shape index (κ2) is 7.57. The van der Waals surface area contributed by atoms with Crippen LogP contribution in [-0.2, 0) is 39.1 Å². The highest BCUT2D eigenvalue weighted by atomic mass is 32.2. The molecule has 152 valence electrons. The number of nitrogens with zero attached hydrogens (tertiary/aromatic N) is 4. The number of benzene rings is 1. The third-order valence-corrected chi connectivity index (χ3v) is 7.08. The van der Waals surface area contributed by atoms with Gasteiger partial charge in [-0.25, -0.2) is 13.4 Å². The van der Waals surface area contributed by atoms with Gasteiger partial charge in [-0.3, -0.25) is 9.78 Å². The van der Waals surface area contributed by atoms with E-state index in [1.54, 1.807) is 24.7 Å². The highest BCUT2D eigenvalue weighted by molar-refractivity contribution is 7.89. The SMILES string of the molecule is CCCn1cnc2c1CN(S(=O)(=O)c1cccc3cccnc13)C(C(=O)OC)C2. The summed E-state index contributed by atoms with van der Waals surface area (Å²) in [7, 11) is -2.75. The van der Waals surface area contributed by atoms with Gasteiger partial charge in [-0.1, -0.05) is 25.1 Å². The Balaban J connectivity index is 1.85. The van der Waals surface area contributed by atoms with E-state index in [2.05, 4.69) is 9.97 Å². The number of hydrogen-bond donors (Lipinski definition) is 0. The van der Waals surface area contributed by atoms with Crippen LogP contribution in [0, 0.1) is 0 Å². The van der Waals surface area contributed by atoms with Gasteiger partial charge in [-0.05, 0) is 18.6 Å². The molecule has 0 saturated heterocycles. The Hall–Kier alpha value is -2.78. The number of carbonyl (C=O) groups is 1. The van der Waals surface area contributed by atoms with Gasteiger partial charge in [0, 0.05) is 24.5 Å². The van der Waals surface area contributed by atoms with E-state index in [0.717, 1.165) is 29.7 Å². The molecule has 2 aromatic heterocycles. The van der Waals surface area contributed by atoms with Crippen molar-refractivity contribution in [3.63, 3.8) is 0 Å². The Morgan fingerprint density at radius 1 is 1.24 bits per heavy atom. The summed E-state index contributed by atoms with van der Waals surface area (Å²) in [5.41, 5.74) is 1.92. The van der Waals surface area contributed by atoms with Crippen molar-refractivity contribution in [3.8, 4) is 0 Å². The molecule has 8 nitrogen and oxygen atoms in total. The van der Waals surface area contributed by atoms with Crippen molar-refractivity contribution in [2.24, 2.45) is 0 Å². The van der Waals surface area contributed by atoms with Crippen LogP contribution in [-0.4, -0.2) is 46.4 Å². The molecule has 0 amide bonds. The second-order valence-corrected chi connectivity index (χ2v) is 8.81. The molecule has 0 fully saturated rings. The van der Waals surface area contributed by atoms with Crippen molar-refractivity contribution in [2.45, 2.75) is 43.8 Å². The number of sulfonamides is 1. The van der Waals surface area contributed by atoms with Crippen LogP contribution in [0.2, 0.25) is 0 Å². The molecule has 3 heterocycles. The van der Waals surface area contributed by atoms with E-state index in [4.69, 9.17) is 4.74 Å². The van der Waals surface area contributed by atoms with Crippen LogP contribution in [0.1, 0.15) is 24.7 Å². The zero-order chi connectivity index (χ0) is 20.6. The number of ether oxygens (including phenoxy) is 1. The fourth-order valence-corrected chi connectivity index (χ4v) is 5.48. The van der Waals surface area contributed by atoms with Crippen LogP contribution >= 0.6 is 0 Å². The van der Waals surface area contributed by atoms with Crippen molar-refractivity contribution in [1.29, 1.82) is 0 Å². The molecule has 29 heavy (non-hydrogen) atoms. The summed E-state index contributed by atoms with van der Waals surface area (Å²) in [5, 5.41) is 0.719. The first-order valence-electron chi connectivity index (χ1n) is 9.43. The van der Waals surface area contributed by atoms with Gasteiger partial charge in [0.05, 0.1) is 36.9 Å². The first kappa shape index (κ1) is 19.5. The molecule has 0 N–H and O–H groups in total. The minimum atomic E-state index is -4.02. The summed E-state index contributed by atoms with van der Waals surface area (Å²) >= 11 is 0. The predicted molar refractivity (Wildman–Crippen MR) is 106 cm³/mol. The average molecular weight is 414 g/mol. The van der Waals surface area contributed by atoms with Gasteiger partial charge in [0.15, 0.2) is 0 Å². The first-order chi connectivity index (χ1) is 14.0. The number of rotatable bonds is 5. The summed E-state index contributed by atoms with van der Waals surface area (Å²) in [6.45, 7) is 2.83. The van der Waals surface area contributed by atoms with E-state index in [0.29, 0.717) is 5.52 Å². The maximum atomic E-state index is 13.7. The number of pyridine rings is 1. The minimum absolute atomic E-state index is 0.0562. The van der Waals surface area contributed by atoms with E-state index < -0.39 is 22.0 Å². The molecule has 0 aliphatic carbocycles. The molecule has 9 heteroatoms. The smallest absolute Gasteiger partial charge is 0.324 e. The number of para-hydroxylation sites is 1. The Morgan fingerprint density at radius 2 is 2.03 bits per heavy atom. The number of methoxy groups -OCH3 is 1. The van der Waals surface area contributed by atoms with Gasteiger partial charge in [0.1, 0.15) is 10.9 Å². The van der Waals surface area contributed by atoms with Gasteiger partial charge in [0.25, 0.3) is 0 Å². The fourth-order valence-electron chi connectivity index (χ4n) is 3.78. The lowest BCUT2D eigenvalue weighted by atomic mass is 10.1. The molecule has 0 bridgehead atoms. The second-order valence-electron chi connectivity index (χ2n) is 6.96. The first-order valence-corrected chi connectivity index (χ1v) is 10.9. The molecule has 1 unspecified atom stereocenters. The van der Waals surface area contributed by atoms with Gasteiger partial charge >= 0.3 is 5.97 Å². The van der Waals surface area contributed by atoms with Crippen molar-refractivity contribution < 1.29 is 17.9 Å². The molecule has 1 aliphatic rings. The molecule has 0 saturated carbocycles. The van der Waals surface area contributed by atoms with Crippen molar-refractivity contribution >= 4 is 26.9 Å². The van der Waals surface area contributed by atoms with Gasteiger partial charge in [0.2, 0.25) is 10.0 Å². The summed E-state index contributed by atoms with van der Waals surface area (Å²) < 4.78 is 35.4. The third kappa shape index (κ3) is 3.30. The summed E-state index contributed by atoms with van der Waals surface area (Å²) in [6.07, 6.45) is 4.33. The van der Waals surface area contributed by atoms with E-state index in [1.807, 2.05) is 23.6 Å². The number of hydrogen-bond acceptors (Lipinski definition) is 6. The van der Waals surface area contributed by atoms with Gasteiger partial charge < -0.3 is 9.30 Å². The van der Waals surface area contributed by atoms with E-state index in [1.165, 1.54) is 17.5 Å². The number of aryl methyl sites for hydroxylation is 1. The molecular weight excluding hydrogens is 392 g/mol. The average Bonchev–Trinajstić information content (AvgIpc) is 3.14. The monoisotopic (exact) mass is 414 g/mol. The molecule has 3 aromatic rings. The highest BCUT2D eigenvalue weighted by Gasteiger charge is 2.42. The van der Waals surface area contributed by atoms with Crippen LogP contribution in [0.5, 0.6) is 0 Å². The van der Waals surface area contributed by atoms with E-state index in [-0.39, 0.29) is 17.9 Å². The normalized spacial score (nSPS) is 17.2. The van der Waals surface area contributed by atoms with Crippen molar-refractivity contribution in [2.75, 3.05) is 7.11 Å². The number of esters is 1.